The molecular formula is C8H11NO. The average molecular weight is 137 g/mol. The molecule has 2 heterocycles. The molecule has 2 nitrogen and oxygen atoms in total. The number of hydrogen-bond acceptors (Lipinski definition) is 2. The van der Waals surface area contributed by atoms with Gasteiger partial charge in [0.25, 0.3) is 0 Å². The van der Waals surface area contributed by atoms with E-state index in [0.717, 1.165) is 13.0 Å². The number of epoxide rings is 1. The summed E-state index contributed by atoms with van der Waals surface area (Å²) in [5, 5.41) is 3.45. The van der Waals surface area contributed by atoms with Gasteiger partial charge in [-0.2, -0.15) is 0 Å². The van der Waals surface area contributed by atoms with Crippen LogP contribution in [0.2, 0.25) is 0 Å². The Morgan fingerprint density at radius 1 is 1.60 bits per heavy atom. The standard InChI is InChI=1S/C8H11NO/c1-2-6-8(4-1)7(10-8)3-5-9-6/h1-2,6-7,9H,3-5H2. The van der Waals surface area contributed by atoms with Crippen LogP contribution < -0.4 is 5.32 Å². The smallest absolute Gasteiger partial charge is 0.117 e. The Labute approximate surface area is 60.3 Å². The predicted octanol–water partition coefficient (Wildman–Crippen LogP) is 0.446. The highest BCUT2D eigenvalue weighted by Gasteiger charge is 2.62. The summed E-state index contributed by atoms with van der Waals surface area (Å²) in [6, 6.07) is 0.534. The summed E-state index contributed by atoms with van der Waals surface area (Å²) in [5.41, 5.74) is 0.234. The molecule has 2 saturated heterocycles. The van der Waals surface area contributed by atoms with Gasteiger partial charge >= 0.3 is 0 Å². The number of ether oxygens (including phenoxy) is 1. The summed E-state index contributed by atoms with van der Waals surface area (Å²) >= 11 is 0. The van der Waals surface area contributed by atoms with Gasteiger partial charge < -0.3 is 10.1 Å². The molecule has 3 aliphatic rings. The molecule has 0 aromatic heterocycles. The summed E-state index contributed by atoms with van der Waals surface area (Å²) in [6.45, 7) is 1.13. The van der Waals surface area contributed by atoms with E-state index in [1.165, 1.54) is 6.42 Å². The Kier molecular flexibility index (Phi) is 0.778. The molecular weight excluding hydrogens is 126 g/mol. The molecule has 1 aliphatic carbocycles. The van der Waals surface area contributed by atoms with Gasteiger partial charge in [0, 0.05) is 0 Å². The molecule has 1 spiro atoms. The van der Waals surface area contributed by atoms with E-state index in [4.69, 9.17) is 4.74 Å². The molecule has 54 valence electrons. The molecule has 2 heteroatoms. The highest BCUT2D eigenvalue weighted by molar-refractivity contribution is 5.26. The highest BCUT2D eigenvalue weighted by atomic mass is 16.6. The first-order valence-electron chi connectivity index (χ1n) is 4.00. The molecule has 2 aliphatic heterocycles. The van der Waals surface area contributed by atoms with E-state index in [1.54, 1.807) is 0 Å². The fourth-order valence-corrected chi connectivity index (χ4v) is 2.28. The van der Waals surface area contributed by atoms with Crippen LogP contribution in [-0.2, 0) is 4.74 Å². The zero-order valence-electron chi connectivity index (χ0n) is 5.84. The van der Waals surface area contributed by atoms with Crippen LogP contribution in [0.25, 0.3) is 0 Å². The minimum atomic E-state index is 0.234. The van der Waals surface area contributed by atoms with Gasteiger partial charge in [0.05, 0.1) is 12.1 Å². The highest BCUT2D eigenvalue weighted by Crippen LogP contribution is 2.50. The fraction of sp³-hybridized carbons (Fsp3) is 0.750. The molecule has 0 radical (unpaired) electrons. The topological polar surface area (TPSA) is 24.6 Å². The van der Waals surface area contributed by atoms with E-state index in [2.05, 4.69) is 17.5 Å². The maximum absolute atomic E-state index is 5.66. The number of hydrogen-bond donors (Lipinski definition) is 1. The summed E-state index contributed by atoms with van der Waals surface area (Å²) in [7, 11) is 0. The summed E-state index contributed by atoms with van der Waals surface area (Å²) in [6.07, 6.45) is 7.41. The summed E-state index contributed by atoms with van der Waals surface area (Å²) < 4.78 is 5.66. The third-order valence-electron chi connectivity index (χ3n) is 2.91. The van der Waals surface area contributed by atoms with Crippen molar-refractivity contribution in [3.63, 3.8) is 0 Å². The van der Waals surface area contributed by atoms with Crippen LogP contribution in [0, 0.1) is 0 Å². The fourth-order valence-electron chi connectivity index (χ4n) is 2.28. The number of rotatable bonds is 0. The van der Waals surface area contributed by atoms with Crippen LogP contribution in [0.4, 0.5) is 0 Å². The van der Waals surface area contributed by atoms with E-state index >= 15 is 0 Å². The van der Waals surface area contributed by atoms with Gasteiger partial charge in [-0.05, 0) is 19.4 Å². The maximum atomic E-state index is 5.66. The molecule has 0 aromatic rings. The van der Waals surface area contributed by atoms with Crippen molar-refractivity contribution in [3.8, 4) is 0 Å². The van der Waals surface area contributed by atoms with Crippen molar-refractivity contribution in [2.24, 2.45) is 0 Å². The lowest BCUT2D eigenvalue weighted by molar-refractivity contribution is 0.279. The van der Waals surface area contributed by atoms with Gasteiger partial charge in [0.2, 0.25) is 0 Å². The molecule has 3 rings (SSSR count). The van der Waals surface area contributed by atoms with E-state index in [-0.39, 0.29) is 5.60 Å². The van der Waals surface area contributed by atoms with Crippen molar-refractivity contribution >= 4 is 0 Å². The van der Waals surface area contributed by atoms with Gasteiger partial charge in [0.1, 0.15) is 5.60 Å². The van der Waals surface area contributed by atoms with Gasteiger partial charge in [-0.1, -0.05) is 12.2 Å². The van der Waals surface area contributed by atoms with E-state index in [1.807, 2.05) is 0 Å². The minimum Gasteiger partial charge on any atom is -0.364 e. The minimum absolute atomic E-state index is 0.234. The molecule has 3 atom stereocenters. The Hall–Kier alpha value is -0.340. The normalized spacial score (nSPS) is 56.0. The predicted molar refractivity (Wildman–Crippen MR) is 37.8 cm³/mol. The van der Waals surface area contributed by atoms with Crippen molar-refractivity contribution in [2.75, 3.05) is 6.54 Å². The van der Waals surface area contributed by atoms with Crippen molar-refractivity contribution in [1.82, 2.24) is 5.32 Å². The van der Waals surface area contributed by atoms with Crippen molar-refractivity contribution in [1.29, 1.82) is 0 Å². The molecule has 0 saturated carbocycles. The molecule has 2 fully saturated rings. The third-order valence-corrected chi connectivity index (χ3v) is 2.91. The first-order chi connectivity index (χ1) is 4.92. The second-order valence-corrected chi connectivity index (χ2v) is 3.41. The van der Waals surface area contributed by atoms with E-state index in [0.29, 0.717) is 12.1 Å². The number of piperidine rings is 1. The zero-order chi connectivity index (χ0) is 6.60. The Morgan fingerprint density at radius 3 is 3.50 bits per heavy atom. The van der Waals surface area contributed by atoms with Crippen LogP contribution in [0.3, 0.4) is 0 Å². The van der Waals surface area contributed by atoms with Crippen LogP contribution in [-0.4, -0.2) is 24.3 Å². The first kappa shape index (κ1) is 5.33. The van der Waals surface area contributed by atoms with Crippen LogP contribution in [0.1, 0.15) is 12.8 Å². The molecule has 3 unspecified atom stereocenters. The summed E-state index contributed by atoms with van der Waals surface area (Å²) in [5.74, 6) is 0. The molecule has 10 heavy (non-hydrogen) atoms. The SMILES string of the molecule is C1=CC2NCCC3OC23C1. The molecule has 0 amide bonds. The van der Waals surface area contributed by atoms with E-state index in [9.17, 15) is 0 Å². The van der Waals surface area contributed by atoms with Gasteiger partial charge in [-0.15, -0.1) is 0 Å². The van der Waals surface area contributed by atoms with Crippen LogP contribution >= 0.6 is 0 Å². The second kappa shape index (κ2) is 1.46. The second-order valence-electron chi connectivity index (χ2n) is 3.41. The zero-order valence-corrected chi connectivity index (χ0v) is 5.84. The molecule has 0 aromatic carbocycles. The molecule has 0 bridgehead atoms. The maximum Gasteiger partial charge on any atom is 0.117 e. The van der Waals surface area contributed by atoms with Gasteiger partial charge in [-0.25, -0.2) is 0 Å². The third kappa shape index (κ3) is 0.444. The monoisotopic (exact) mass is 137 g/mol. The average Bonchev–Trinajstić information content (AvgIpc) is 2.51. The Bertz CT molecular complexity index is 201. The summed E-state index contributed by atoms with van der Waals surface area (Å²) in [4.78, 5) is 0. The quantitative estimate of drug-likeness (QED) is 0.387. The lowest BCUT2D eigenvalue weighted by atomic mass is 9.93. The Balaban J connectivity index is 1.95. The lowest BCUT2D eigenvalue weighted by Crippen LogP contribution is -2.44. The van der Waals surface area contributed by atoms with Crippen molar-refractivity contribution in [3.05, 3.63) is 12.2 Å². The van der Waals surface area contributed by atoms with Crippen LogP contribution in [0.15, 0.2) is 12.2 Å². The lowest BCUT2D eigenvalue weighted by Gasteiger charge is -2.21. The van der Waals surface area contributed by atoms with Crippen molar-refractivity contribution in [2.45, 2.75) is 30.6 Å². The van der Waals surface area contributed by atoms with Crippen LogP contribution in [0.5, 0.6) is 0 Å². The van der Waals surface area contributed by atoms with Crippen molar-refractivity contribution < 1.29 is 4.74 Å². The Morgan fingerprint density at radius 2 is 2.60 bits per heavy atom. The van der Waals surface area contributed by atoms with Gasteiger partial charge in [0.15, 0.2) is 0 Å². The van der Waals surface area contributed by atoms with E-state index < -0.39 is 0 Å². The van der Waals surface area contributed by atoms with Gasteiger partial charge in [-0.3, -0.25) is 0 Å². The molecule has 1 N–H and O–H groups in total. The first-order valence-corrected chi connectivity index (χ1v) is 4.00. The largest absolute Gasteiger partial charge is 0.364 e. The number of nitrogens with one attached hydrogen (secondary N) is 1.